The lowest BCUT2D eigenvalue weighted by molar-refractivity contribution is 0.222. The van der Waals surface area contributed by atoms with E-state index in [0.717, 1.165) is 29.9 Å². The second-order valence-electron chi connectivity index (χ2n) is 7.09. The van der Waals surface area contributed by atoms with E-state index in [9.17, 15) is 8.42 Å². The molecule has 0 spiro atoms. The molecule has 1 aromatic carbocycles. The monoisotopic (exact) mass is 400 g/mol. The van der Waals surface area contributed by atoms with Gasteiger partial charge < -0.3 is 15.2 Å². The van der Waals surface area contributed by atoms with Crippen LogP contribution in [0.25, 0.3) is 11.0 Å². The van der Waals surface area contributed by atoms with Crippen LogP contribution in [0.4, 0.5) is 5.82 Å². The van der Waals surface area contributed by atoms with Gasteiger partial charge in [-0.2, -0.15) is 4.31 Å². The van der Waals surface area contributed by atoms with E-state index in [1.165, 1.54) is 10.5 Å². The molecule has 1 atom stereocenters. The van der Waals surface area contributed by atoms with Crippen LogP contribution in [0.3, 0.4) is 0 Å². The van der Waals surface area contributed by atoms with Crippen molar-refractivity contribution in [2.75, 3.05) is 38.5 Å². The Kier molecular flexibility index (Phi) is 5.05. The highest BCUT2D eigenvalue weighted by atomic mass is 32.2. The van der Waals surface area contributed by atoms with Crippen molar-refractivity contribution in [1.82, 2.24) is 24.2 Å². The molecule has 1 unspecified atom stereocenters. The van der Waals surface area contributed by atoms with Gasteiger partial charge in [-0.15, -0.1) is 0 Å². The minimum absolute atomic E-state index is 0.0972. The van der Waals surface area contributed by atoms with Crippen LogP contribution in [0.15, 0.2) is 47.5 Å². The molecule has 1 saturated heterocycles. The van der Waals surface area contributed by atoms with E-state index in [2.05, 4.69) is 25.2 Å². The molecule has 0 aliphatic carbocycles. The third-order valence-corrected chi connectivity index (χ3v) is 6.90. The number of para-hydroxylation sites is 2. The molecule has 1 aliphatic heterocycles. The highest BCUT2D eigenvalue weighted by Gasteiger charge is 2.27. The number of aromatic amines is 1. The fraction of sp³-hybridized carbons (Fsp3) is 0.368. The summed E-state index contributed by atoms with van der Waals surface area (Å²) >= 11 is 0. The van der Waals surface area contributed by atoms with Gasteiger partial charge in [-0.05, 0) is 38.2 Å². The fourth-order valence-electron chi connectivity index (χ4n) is 3.26. The number of sulfonamides is 1. The molecule has 1 fully saturated rings. The van der Waals surface area contributed by atoms with Gasteiger partial charge in [0.2, 0.25) is 10.0 Å². The van der Waals surface area contributed by atoms with Gasteiger partial charge in [0, 0.05) is 32.4 Å². The van der Waals surface area contributed by atoms with E-state index in [-0.39, 0.29) is 10.9 Å². The standard InChI is InChI=1S/C19H24N6O2S/c1-14(19-22-16-5-3-4-6-17(16)23-19)21-18-8-7-15(13-20-18)28(26,27)25-11-9-24(2)10-12-25/h3-8,13-14H,9-12H2,1-2H3,(H,20,21)(H,22,23). The van der Waals surface area contributed by atoms with Crippen LogP contribution in [0.5, 0.6) is 0 Å². The maximum absolute atomic E-state index is 12.8. The van der Waals surface area contributed by atoms with E-state index in [0.29, 0.717) is 18.9 Å². The Morgan fingerprint density at radius 1 is 1.11 bits per heavy atom. The Bertz CT molecular complexity index is 1020. The largest absolute Gasteiger partial charge is 0.360 e. The number of hydrogen-bond acceptors (Lipinski definition) is 6. The zero-order valence-corrected chi connectivity index (χ0v) is 16.8. The van der Waals surface area contributed by atoms with Crippen molar-refractivity contribution in [3.8, 4) is 0 Å². The first-order valence-corrected chi connectivity index (χ1v) is 10.7. The third-order valence-electron chi connectivity index (χ3n) is 5.02. The fourth-order valence-corrected chi connectivity index (χ4v) is 4.63. The lowest BCUT2D eigenvalue weighted by atomic mass is 10.3. The average Bonchev–Trinajstić information content (AvgIpc) is 3.13. The van der Waals surface area contributed by atoms with Crippen LogP contribution in [-0.2, 0) is 10.0 Å². The first-order valence-electron chi connectivity index (χ1n) is 9.29. The maximum Gasteiger partial charge on any atom is 0.244 e. The van der Waals surface area contributed by atoms with Crippen molar-refractivity contribution in [3.63, 3.8) is 0 Å². The van der Waals surface area contributed by atoms with Crippen LogP contribution in [0.1, 0.15) is 18.8 Å². The molecular formula is C19H24N6O2S. The Morgan fingerprint density at radius 2 is 1.86 bits per heavy atom. The Morgan fingerprint density at radius 3 is 2.54 bits per heavy atom. The molecule has 0 saturated carbocycles. The highest BCUT2D eigenvalue weighted by Crippen LogP contribution is 2.21. The van der Waals surface area contributed by atoms with E-state index >= 15 is 0 Å². The molecule has 0 amide bonds. The Balaban J connectivity index is 1.47. The summed E-state index contributed by atoms with van der Waals surface area (Å²) in [5.74, 6) is 1.41. The second kappa shape index (κ2) is 7.50. The summed E-state index contributed by atoms with van der Waals surface area (Å²) in [5.41, 5.74) is 1.89. The molecule has 3 heterocycles. The van der Waals surface area contributed by atoms with Crippen LogP contribution < -0.4 is 5.32 Å². The Hall–Kier alpha value is -2.49. The molecule has 3 aromatic rings. The summed E-state index contributed by atoms with van der Waals surface area (Å²) in [6.07, 6.45) is 1.42. The van der Waals surface area contributed by atoms with Gasteiger partial charge in [0.25, 0.3) is 0 Å². The minimum atomic E-state index is -3.50. The molecule has 1 aliphatic rings. The van der Waals surface area contributed by atoms with Crippen LogP contribution in [-0.4, -0.2) is 65.8 Å². The van der Waals surface area contributed by atoms with Crippen molar-refractivity contribution >= 4 is 26.9 Å². The molecule has 0 radical (unpaired) electrons. The first-order chi connectivity index (χ1) is 13.4. The summed E-state index contributed by atoms with van der Waals surface area (Å²) in [6.45, 7) is 4.46. The maximum atomic E-state index is 12.8. The zero-order valence-electron chi connectivity index (χ0n) is 16.0. The van der Waals surface area contributed by atoms with Gasteiger partial charge in [0.15, 0.2) is 0 Å². The number of benzene rings is 1. The number of fused-ring (bicyclic) bond motifs is 1. The molecule has 8 nitrogen and oxygen atoms in total. The van der Waals surface area contributed by atoms with Gasteiger partial charge in [-0.25, -0.2) is 18.4 Å². The third kappa shape index (κ3) is 3.73. The minimum Gasteiger partial charge on any atom is -0.360 e. The predicted molar refractivity (Wildman–Crippen MR) is 109 cm³/mol. The van der Waals surface area contributed by atoms with Crippen LogP contribution in [0.2, 0.25) is 0 Å². The summed E-state index contributed by atoms with van der Waals surface area (Å²) in [7, 11) is -1.51. The number of rotatable bonds is 5. The lowest BCUT2D eigenvalue weighted by Crippen LogP contribution is -2.47. The number of nitrogens with one attached hydrogen (secondary N) is 2. The number of aromatic nitrogens is 3. The topological polar surface area (TPSA) is 94.2 Å². The number of pyridine rings is 1. The SMILES string of the molecule is CC(Nc1ccc(S(=O)(=O)N2CCN(C)CC2)cn1)c1nc2ccccc2[nH]1. The molecule has 2 N–H and O–H groups in total. The smallest absolute Gasteiger partial charge is 0.244 e. The number of anilines is 1. The van der Waals surface area contributed by atoms with E-state index < -0.39 is 10.0 Å². The normalized spacial score (nSPS) is 17.6. The van der Waals surface area contributed by atoms with Crippen molar-refractivity contribution < 1.29 is 8.42 Å². The number of H-pyrrole nitrogens is 1. The van der Waals surface area contributed by atoms with E-state index in [1.807, 2.05) is 38.2 Å². The second-order valence-corrected chi connectivity index (χ2v) is 9.03. The van der Waals surface area contributed by atoms with Crippen molar-refractivity contribution in [1.29, 1.82) is 0 Å². The number of nitrogens with zero attached hydrogens (tertiary/aromatic N) is 4. The van der Waals surface area contributed by atoms with Gasteiger partial charge >= 0.3 is 0 Å². The molecule has 28 heavy (non-hydrogen) atoms. The average molecular weight is 401 g/mol. The quantitative estimate of drug-likeness (QED) is 0.681. The number of imidazole rings is 1. The molecule has 4 rings (SSSR count). The molecular weight excluding hydrogens is 376 g/mol. The highest BCUT2D eigenvalue weighted by molar-refractivity contribution is 7.89. The lowest BCUT2D eigenvalue weighted by Gasteiger charge is -2.31. The van der Waals surface area contributed by atoms with Gasteiger partial charge in [-0.1, -0.05) is 12.1 Å². The summed E-state index contributed by atoms with van der Waals surface area (Å²) in [5, 5.41) is 3.26. The summed E-state index contributed by atoms with van der Waals surface area (Å²) in [6, 6.07) is 11.1. The number of likely N-dealkylation sites (N-methyl/N-ethyl adjacent to an activating group) is 1. The van der Waals surface area contributed by atoms with Crippen molar-refractivity contribution in [3.05, 3.63) is 48.4 Å². The van der Waals surface area contributed by atoms with Crippen LogP contribution in [0, 0.1) is 0 Å². The van der Waals surface area contributed by atoms with Gasteiger partial charge in [0.05, 0.1) is 17.1 Å². The Labute approximate surface area is 164 Å². The molecule has 148 valence electrons. The summed E-state index contributed by atoms with van der Waals surface area (Å²) < 4.78 is 27.1. The predicted octanol–water partition coefficient (Wildman–Crippen LogP) is 2.07. The zero-order chi connectivity index (χ0) is 19.7. The van der Waals surface area contributed by atoms with Crippen LogP contribution >= 0.6 is 0 Å². The van der Waals surface area contributed by atoms with Crippen molar-refractivity contribution in [2.45, 2.75) is 17.9 Å². The van der Waals surface area contributed by atoms with Gasteiger partial charge in [-0.3, -0.25) is 0 Å². The van der Waals surface area contributed by atoms with Gasteiger partial charge in [0.1, 0.15) is 16.5 Å². The molecule has 0 bridgehead atoms. The number of hydrogen-bond donors (Lipinski definition) is 2. The molecule has 9 heteroatoms. The van der Waals surface area contributed by atoms with E-state index in [4.69, 9.17) is 0 Å². The number of piperazine rings is 1. The van der Waals surface area contributed by atoms with E-state index in [1.54, 1.807) is 12.1 Å². The summed E-state index contributed by atoms with van der Waals surface area (Å²) in [4.78, 5) is 14.5. The van der Waals surface area contributed by atoms with Crippen molar-refractivity contribution in [2.24, 2.45) is 0 Å². The molecule has 2 aromatic heterocycles. The first kappa shape index (κ1) is 18.9.